The number of carbonyl (C=O) groups is 2. The summed E-state index contributed by atoms with van der Waals surface area (Å²) >= 11 is 0. The van der Waals surface area contributed by atoms with Crippen LogP contribution in [0.25, 0.3) is 0 Å². The average Bonchev–Trinajstić information content (AvgIpc) is 2.55. The average molecular weight is 234 g/mol. The summed E-state index contributed by atoms with van der Waals surface area (Å²) in [6, 6.07) is -0.576. The van der Waals surface area contributed by atoms with Crippen LogP contribution in [0, 0.1) is 5.92 Å². The summed E-state index contributed by atoms with van der Waals surface area (Å²) in [5.41, 5.74) is 0.859. The first-order chi connectivity index (χ1) is 8.04. The molecule has 0 aromatic carbocycles. The Bertz CT molecular complexity index is 410. The van der Waals surface area contributed by atoms with Crippen molar-refractivity contribution in [1.29, 1.82) is 0 Å². The van der Waals surface area contributed by atoms with Crippen LogP contribution in [0.15, 0.2) is 23.9 Å². The molecule has 1 unspecified atom stereocenters. The van der Waals surface area contributed by atoms with E-state index in [0.717, 1.165) is 18.5 Å². The first-order valence-corrected chi connectivity index (χ1v) is 6.01. The number of carbonyl (C=O) groups excluding carboxylic acids is 2. The zero-order valence-electron chi connectivity index (χ0n) is 10.5. The monoisotopic (exact) mass is 234 g/mol. The zero-order chi connectivity index (χ0) is 12.6. The Morgan fingerprint density at radius 1 is 1.29 bits per heavy atom. The van der Waals surface area contributed by atoms with Crippen molar-refractivity contribution in [2.75, 3.05) is 7.05 Å². The third kappa shape index (κ3) is 1.88. The van der Waals surface area contributed by atoms with Gasteiger partial charge in [0.05, 0.1) is 0 Å². The van der Waals surface area contributed by atoms with E-state index in [9.17, 15) is 9.59 Å². The number of likely N-dealkylation sites (N-methyl/N-ethyl adjacent to an activating group) is 1. The van der Waals surface area contributed by atoms with Gasteiger partial charge in [-0.3, -0.25) is 14.6 Å². The fourth-order valence-corrected chi connectivity index (χ4v) is 2.32. The predicted octanol–water partition coefficient (Wildman–Crippen LogP) is 2.14. The molecule has 2 rings (SSSR count). The van der Waals surface area contributed by atoms with E-state index < -0.39 is 0 Å². The van der Waals surface area contributed by atoms with Gasteiger partial charge in [0.2, 0.25) is 0 Å². The Labute approximate surface area is 102 Å². The highest BCUT2D eigenvalue weighted by molar-refractivity contribution is 6.05. The van der Waals surface area contributed by atoms with Crippen LogP contribution in [-0.2, 0) is 4.79 Å². The summed E-state index contributed by atoms with van der Waals surface area (Å²) in [5, 5.41) is 0. The Kier molecular flexibility index (Phi) is 3.05. The molecule has 1 fully saturated rings. The molecule has 0 N–H and O–H groups in total. The van der Waals surface area contributed by atoms with Gasteiger partial charge in [-0.2, -0.15) is 0 Å². The number of urea groups is 1. The van der Waals surface area contributed by atoms with Gasteiger partial charge in [-0.1, -0.05) is 26.0 Å². The fraction of sp³-hybridized carbons (Fsp3) is 0.538. The molecule has 0 aromatic heterocycles. The standard InChI is InChI=1S/C13H18N2O2/c1-9(2)11-12(16)14(3)13(17)15(11)10-7-5-4-6-8-10/h5,7-9,11H,4,6H2,1-3H3. The van der Waals surface area contributed by atoms with Gasteiger partial charge >= 0.3 is 6.03 Å². The first kappa shape index (κ1) is 11.9. The van der Waals surface area contributed by atoms with Crippen molar-refractivity contribution < 1.29 is 9.59 Å². The maximum Gasteiger partial charge on any atom is 0.331 e. The van der Waals surface area contributed by atoms with E-state index in [2.05, 4.69) is 0 Å². The maximum atomic E-state index is 12.1. The lowest BCUT2D eigenvalue weighted by Gasteiger charge is -2.26. The minimum Gasteiger partial charge on any atom is -0.282 e. The van der Waals surface area contributed by atoms with E-state index >= 15 is 0 Å². The molecule has 92 valence electrons. The molecule has 4 nitrogen and oxygen atoms in total. The van der Waals surface area contributed by atoms with Crippen LogP contribution in [0.2, 0.25) is 0 Å². The molecule has 0 aromatic rings. The van der Waals surface area contributed by atoms with Crippen molar-refractivity contribution in [3.8, 4) is 0 Å². The highest BCUT2D eigenvalue weighted by Gasteiger charge is 2.45. The molecule has 1 aliphatic carbocycles. The van der Waals surface area contributed by atoms with Crippen molar-refractivity contribution in [2.24, 2.45) is 5.92 Å². The predicted molar refractivity (Wildman–Crippen MR) is 65.1 cm³/mol. The van der Waals surface area contributed by atoms with Crippen LogP contribution in [0.1, 0.15) is 26.7 Å². The number of rotatable bonds is 2. The number of hydrogen-bond donors (Lipinski definition) is 0. The smallest absolute Gasteiger partial charge is 0.282 e. The molecule has 0 bridgehead atoms. The summed E-state index contributed by atoms with van der Waals surface area (Å²) in [6.07, 6.45) is 7.94. The lowest BCUT2D eigenvalue weighted by Crippen LogP contribution is -2.38. The molecular weight excluding hydrogens is 216 g/mol. The van der Waals surface area contributed by atoms with Gasteiger partial charge in [0.1, 0.15) is 6.04 Å². The number of hydrogen-bond acceptors (Lipinski definition) is 2. The second kappa shape index (κ2) is 4.35. The molecule has 0 saturated carbocycles. The molecule has 1 atom stereocenters. The summed E-state index contributed by atoms with van der Waals surface area (Å²) < 4.78 is 0. The Morgan fingerprint density at radius 3 is 2.53 bits per heavy atom. The lowest BCUT2D eigenvalue weighted by molar-refractivity contribution is -0.128. The van der Waals surface area contributed by atoms with Crippen LogP contribution < -0.4 is 0 Å². The second-order valence-corrected chi connectivity index (χ2v) is 4.85. The molecule has 17 heavy (non-hydrogen) atoms. The molecule has 1 saturated heterocycles. The number of allylic oxidation sites excluding steroid dienone is 3. The Hall–Kier alpha value is -1.58. The van der Waals surface area contributed by atoms with Gasteiger partial charge in [0, 0.05) is 12.7 Å². The van der Waals surface area contributed by atoms with Gasteiger partial charge in [-0.05, 0) is 24.8 Å². The van der Waals surface area contributed by atoms with Gasteiger partial charge in [-0.25, -0.2) is 4.79 Å². The molecule has 1 aliphatic heterocycles. The van der Waals surface area contributed by atoms with Gasteiger partial charge < -0.3 is 0 Å². The summed E-state index contributed by atoms with van der Waals surface area (Å²) in [6.45, 7) is 3.93. The van der Waals surface area contributed by atoms with E-state index in [1.54, 1.807) is 11.9 Å². The normalized spacial score (nSPS) is 24.9. The van der Waals surface area contributed by atoms with E-state index in [-0.39, 0.29) is 23.9 Å². The molecule has 2 aliphatic rings. The molecule has 1 heterocycles. The lowest BCUT2D eigenvalue weighted by atomic mass is 10.0. The summed E-state index contributed by atoms with van der Waals surface area (Å²) in [7, 11) is 1.55. The largest absolute Gasteiger partial charge is 0.331 e. The van der Waals surface area contributed by atoms with E-state index in [4.69, 9.17) is 0 Å². The van der Waals surface area contributed by atoms with Crippen molar-refractivity contribution in [1.82, 2.24) is 9.80 Å². The van der Waals surface area contributed by atoms with E-state index in [1.807, 2.05) is 32.1 Å². The third-order valence-electron chi connectivity index (χ3n) is 3.24. The fourth-order valence-electron chi connectivity index (χ4n) is 2.32. The molecular formula is C13H18N2O2. The third-order valence-corrected chi connectivity index (χ3v) is 3.24. The molecule has 4 heteroatoms. The van der Waals surface area contributed by atoms with E-state index in [0.29, 0.717) is 0 Å². The molecule has 3 amide bonds. The van der Waals surface area contributed by atoms with Crippen LogP contribution >= 0.6 is 0 Å². The Balaban J connectivity index is 2.36. The highest BCUT2D eigenvalue weighted by Crippen LogP contribution is 2.28. The van der Waals surface area contributed by atoms with Gasteiger partial charge in [0.25, 0.3) is 5.91 Å². The van der Waals surface area contributed by atoms with Crippen molar-refractivity contribution in [3.63, 3.8) is 0 Å². The minimum absolute atomic E-state index is 0.107. The minimum atomic E-state index is -0.360. The zero-order valence-corrected chi connectivity index (χ0v) is 10.5. The van der Waals surface area contributed by atoms with Crippen molar-refractivity contribution in [3.05, 3.63) is 23.9 Å². The van der Waals surface area contributed by atoms with Crippen LogP contribution in [0.3, 0.4) is 0 Å². The van der Waals surface area contributed by atoms with E-state index in [1.165, 1.54) is 4.90 Å². The van der Waals surface area contributed by atoms with Crippen molar-refractivity contribution >= 4 is 11.9 Å². The first-order valence-electron chi connectivity index (χ1n) is 6.01. The van der Waals surface area contributed by atoms with Crippen molar-refractivity contribution in [2.45, 2.75) is 32.7 Å². The summed E-state index contributed by atoms with van der Waals surface area (Å²) in [4.78, 5) is 27.0. The SMILES string of the molecule is CC(C)C1C(=O)N(C)C(=O)N1C1=CCCC=C1. The number of imide groups is 1. The topological polar surface area (TPSA) is 40.6 Å². The van der Waals surface area contributed by atoms with Gasteiger partial charge in [0.15, 0.2) is 0 Å². The van der Waals surface area contributed by atoms with Gasteiger partial charge in [-0.15, -0.1) is 0 Å². The van der Waals surface area contributed by atoms with Crippen LogP contribution in [0.4, 0.5) is 4.79 Å². The van der Waals surface area contributed by atoms with Crippen LogP contribution in [-0.4, -0.2) is 34.8 Å². The Morgan fingerprint density at radius 2 is 2.00 bits per heavy atom. The summed E-state index contributed by atoms with van der Waals surface area (Å²) in [5.74, 6) is 0.0116. The number of amides is 3. The quantitative estimate of drug-likeness (QED) is 0.687. The van der Waals surface area contributed by atoms with Crippen LogP contribution in [0.5, 0.6) is 0 Å². The molecule has 0 radical (unpaired) electrons. The second-order valence-electron chi connectivity index (χ2n) is 4.85. The maximum absolute atomic E-state index is 12.1. The number of nitrogens with zero attached hydrogens (tertiary/aromatic N) is 2. The molecule has 0 spiro atoms. The highest BCUT2D eigenvalue weighted by atomic mass is 16.2.